The average molecular weight is 1140 g/mol. The van der Waals surface area contributed by atoms with E-state index in [1.165, 1.54) is 0 Å². The molecule has 84 heavy (non-hydrogen) atoms. The van der Waals surface area contributed by atoms with Crippen molar-refractivity contribution in [2.45, 2.75) is 218 Å². The number of carbonyl (C=O) groups excluding carboxylic acids is 4. The van der Waals surface area contributed by atoms with Crippen LogP contribution >= 0.6 is 0 Å². The number of hydrogen-bond acceptors (Lipinski definition) is 12. The maximum atomic E-state index is 16.0. The summed E-state index contributed by atoms with van der Waals surface area (Å²) in [5, 5.41) is 15.0. The number of piperidine rings is 4. The van der Waals surface area contributed by atoms with Gasteiger partial charge in [0.2, 0.25) is 0 Å². The normalized spacial score (nSPS) is 27.0. The first-order valence-electron chi connectivity index (χ1n) is 30.2. The molecule has 0 aliphatic carbocycles. The molecule has 4 aromatic carbocycles. The molecule has 4 fully saturated rings. The van der Waals surface area contributed by atoms with Crippen LogP contribution in [-0.2, 0) is 38.1 Å². The van der Waals surface area contributed by atoms with Crippen LogP contribution in [0, 0.1) is 11.8 Å². The molecule has 4 heterocycles. The van der Waals surface area contributed by atoms with Gasteiger partial charge in [-0.3, -0.25) is 19.2 Å². The molecule has 6 unspecified atom stereocenters. The summed E-state index contributed by atoms with van der Waals surface area (Å²) in [6.45, 7) is 33.1. The van der Waals surface area contributed by atoms with Gasteiger partial charge in [-0.1, -0.05) is 146 Å². The number of ether oxygens (including phenoxy) is 4. The van der Waals surface area contributed by atoms with E-state index in [2.05, 4.69) is 144 Å². The minimum absolute atomic E-state index is 0.368. The van der Waals surface area contributed by atoms with Gasteiger partial charge >= 0.3 is 23.9 Å². The van der Waals surface area contributed by atoms with E-state index in [1.54, 1.807) is 0 Å². The highest BCUT2D eigenvalue weighted by Gasteiger charge is 2.51. The second kappa shape index (κ2) is 24.5. The van der Waals surface area contributed by atoms with Gasteiger partial charge < -0.3 is 40.2 Å². The average Bonchev–Trinajstić information content (AvgIpc) is 3.32. The molecule has 0 amide bonds. The van der Waals surface area contributed by atoms with E-state index in [0.29, 0.717) is 25.7 Å². The summed E-state index contributed by atoms with van der Waals surface area (Å²) in [5.74, 6) is -6.27. The van der Waals surface area contributed by atoms with Crippen LogP contribution in [0.15, 0.2) is 144 Å². The topological polar surface area (TPSA) is 153 Å². The van der Waals surface area contributed by atoms with Crippen molar-refractivity contribution >= 4 is 48.2 Å². The van der Waals surface area contributed by atoms with Crippen molar-refractivity contribution in [2.75, 3.05) is 0 Å². The number of nitrogens with one attached hydrogen (secondary N) is 4. The Kier molecular flexibility index (Phi) is 18.5. The minimum atomic E-state index is -1.58. The standard InChI is InChI=1S/C72H94N4O8/c1-65(2)43-57(53(69(9,10)73-65)37-47-29-21-17-22-30-47)81-61(77)41-51(63(79)83-59-45-67(5,6)75-71(13,14)55(59)39-49-33-25-19-26-34-49)52(64(80)84-60-46-68(7,8)76-72(15,16)56(60)40-50-35-27-20-28-36-50)42-62(78)82-58-44-66(3,4)74-70(11,12)54(58)38-48-31-23-18-24-32-48/h17-40,51-52,57-60,73-76H,41-46H2,1-16H3/b53-37-,54-38-,55-39-,56-40-. The first-order valence-corrected chi connectivity index (χ1v) is 30.2. The van der Waals surface area contributed by atoms with Gasteiger partial charge in [0, 0.05) is 70.0 Å². The number of rotatable bonds is 15. The SMILES string of the molecule is CC1(C)CC(OC(=O)CC(C(=O)OC2CC(C)(C)NC(C)(C)/C2=C\c2ccccc2)C(CC(=O)OC2CC(C)(C)NC(C)(C)/C2=C\c2ccccc2)C(=O)OC2CC(C)(C)NC(C)(C)/C2=C\c2ccccc2)/C(=C/c2ccccc2)C(C)(C)N1. The molecule has 0 radical (unpaired) electrons. The predicted octanol–water partition coefficient (Wildman–Crippen LogP) is 13.2. The summed E-state index contributed by atoms with van der Waals surface area (Å²) in [7, 11) is 0. The Labute approximate surface area is 501 Å². The summed E-state index contributed by atoms with van der Waals surface area (Å²) in [6, 6.07) is 39.5. The third-order valence-electron chi connectivity index (χ3n) is 17.1. The predicted molar refractivity (Wildman–Crippen MR) is 337 cm³/mol. The van der Waals surface area contributed by atoms with E-state index in [9.17, 15) is 0 Å². The second-order valence-corrected chi connectivity index (χ2v) is 28.8. The quantitative estimate of drug-likeness (QED) is 0.0662. The molecular formula is C72H94N4O8. The Hall–Kier alpha value is -6.44. The molecule has 4 aliphatic rings. The number of esters is 4. The van der Waals surface area contributed by atoms with Crippen molar-refractivity contribution in [2.24, 2.45) is 11.8 Å². The van der Waals surface area contributed by atoms with Crippen LogP contribution in [0.1, 0.15) is 172 Å². The van der Waals surface area contributed by atoms with Crippen LogP contribution in [0.25, 0.3) is 24.3 Å². The van der Waals surface area contributed by atoms with Crippen LogP contribution in [0.5, 0.6) is 0 Å². The molecule has 0 bridgehead atoms. The highest BCUT2D eigenvalue weighted by Crippen LogP contribution is 2.43. The molecule has 6 atom stereocenters. The van der Waals surface area contributed by atoms with Crippen LogP contribution < -0.4 is 21.3 Å². The molecule has 4 N–H and O–H groups in total. The first-order chi connectivity index (χ1) is 39.1. The zero-order valence-electron chi connectivity index (χ0n) is 52.8. The molecule has 4 saturated heterocycles. The summed E-state index contributed by atoms with van der Waals surface area (Å²) >= 11 is 0. The fraction of sp³-hybridized carbons (Fsp3) is 0.500. The van der Waals surface area contributed by atoms with Crippen molar-refractivity contribution < 1.29 is 38.1 Å². The van der Waals surface area contributed by atoms with Crippen LogP contribution in [0.2, 0.25) is 0 Å². The largest absolute Gasteiger partial charge is 0.458 e. The molecule has 4 aromatic rings. The third-order valence-corrected chi connectivity index (χ3v) is 17.1. The zero-order chi connectivity index (χ0) is 61.3. The lowest BCUT2D eigenvalue weighted by Gasteiger charge is -2.49. The van der Waals surface area contributed by atoms with E-state index in [-0.39, 0.29) is 0 Å². The van der Waals surface area contributed by atoms with Crippen molar-refractivity contribution in [1.82, 2.24) is 21.3 Å². The van der Waals surface area contributed by atoms with Crippen molar-refractivity contribution in [1.29, 1.82) is 0 Å². The zero-order valence-corrected chi connectivity index (χ0v) is 52.8. The molecule has 8 rings (SSSR count). The molecular weight excluding hydrogens is 1050 g/mol. The molecule has 0 saturated carbocycles. The highest BCUT2D eigenvalue weighted by molar-refractivity contribution is 5.89. The Morgan fingerprint density at radius 1 is 0.357 bits per heavy atom. The Balaban J connectivity index is 1.26. The molecule has 4 aliphatic heterocycles. The van der Waals surface area contributed by atoms with Crippen LogP contribution in [0.3, 0.4) is 0 Å². The molecule has 12 nitrogen and oxygen atoms in total. The molecule has 0 spiro atoms. The smallest absolute Gasteiger partial charge is 0.311 e. The molecule has 12 heteroatoms. The lowest BCUT2D eigenvalue weighted by molar-refractivity contribution is -0.174. The first kappa shape index (κ1) is 63.6. The monoisotopic (exact) mass is 1140 g/mol. The van der Waals surface area contributed by atoms with Crippen molar-refractivity contribution in [3.8, 4) is 0 Å². The summed E-state index contributed by atoms with van der Waals surface area (Å²) in [5.41, 5.74) is 2.41. The van der Waals surface area contributed by atoms with E-state index >= 15 is 19.2 Å². The lowest BCUT2D eigenvalue weighted by Crippen LogP contribution is -2.62. The number of carbonyl (C=O) groups is 4. The van der Waals surface area contributed by atoms with Gasteiger partial charge in [-0.2, -0.15) is 0 Å². The highest BCUT2D eigenvalue weighted by atomic mass is 16.6. The fourth-order valence-electron chi connectivity index (χ4n) is 14.2. The maximum absolute atomic E-state index is 16.0. The van der Waals surface area contributed by atoms with Gasteiger partial charge in [0.15, 0.2) is 0 Å². The Morgan fingerprint density at radius 3 is 0.774 bits per heavy atom. The lowest BCUT2D eigenvalue weighted by atomic mass is 9.75. The molecule has 0 aromatic heterocycles. The minimum Gasteiger partial charge on any atom is -0.458 e. The van der Waals surface area contributed by atoms with E-state index in [0.717, 1.165) is 44.5 Å². The number of benzene rings is 4. The van der Waals surface area contributed by atoms with E-state index in [1.807, 2.05) is 133 Å². The second-order valence-electron chi connectivity index (χ2n) is 28.8. The Bertz CT molecular complexity index is 2920. The fourth-order valence-corrected chi connectivity index (χ4v) is 14.2. The van der Waals surface area contributed by atoms with Gasteiger partial charge in [-0.15, -0.1) is 0 Å². The van der Waals surface area contributed by atoms with Crippen LogP contribution in [-0.4, -0.2) is 92.6 Å². The third kappa shape index (κ3) is 16.1. The van der Waals surface area contributed by atoms with E-state index < -0.39 is 117 Å². The maximum Gasteiger partial charge on any atom is 0.311 e. The number of hydrogen-bond donors (Lipinski definition) is 4. The Morgan fingerprint density at radius 2 is 0.560 bits per heavy atom. The summed E-state index contributed by atoms with van der Waals surface area (Å²) < 4.78 is 27.0. The van der Waals surface area contributed by atoms with Gasteiger partial charge in [-0.05, 0) is 155 Å². The summed E-state index contributed by atoms with van der Waals surface area (Å²) in [6.07, 6.45) is 5.46. The van der Waals surface area contributed by atoms with Gasteiger partial charge in [0.05, 0.1) is 24.7 Å². The van der Waals surface area contributed by atoms with Gasteiger partial charge in [-0.25, -0.2) is 0 Å². The van der Waals surface area contributed by atoms with Gasteiger partial charge in [0.1, 0.15) is 24.4 Å². The van der Waals surface area contributed by atoms with Crippen molar-refractivity contribution in [3.63, 3.8) is 0 Å². The van der Waals surface area contributed by atoms with Crippen molar-refractivity contribution in [3.05, 3.63) is 166 Å². The van der Waals surface area contributed by atoms with Crippen LogP contribution in [0.4, 0.5) is 0 Å². The summed E-state index contributed by atoms with van der Waals surface area (Å²) in [4.78, 5) is 62.8. The van der Waals surface area contributed by atoms with Gasteiger partial charge in [0.25, 0.3) is 0 Å². The van der Waals surface area contributed by atoms with E-state index in [4.69, 9.17) is 18.9 Å². The molecule has 450 valence electrons.